The highest BCUT2D eigenvalue weighted by Crippen LogP contribution is 2.29. The number of carbonyl (C=O) groups is 3. The Kier molecular flexibility index (Phi) is 6.13. The van der Waals surface area contributed by atoms with Gasteiger partial charge in [0.25, 0.3) is 5.91 Å². The van der Waals surface area contributed by atoms with Gasteiger partial charge in [0.1, 0.15) is 11.8 Å². The SMILES string of the molecule is O=C1CCC(N2Cc3cc(CNC4CCC(Oc5ccccc5)CC4)ccc3C2=O)C(=O)N1. The van der Waals surface area contributed by atoms with E-state index in [4.69, 9.17) is 4.74 Å². The first kappa shape index (κ1) is 21.6. The number of fused-ring (bicyclic) bond motifs is 1. The lowest BCUT2D eigenvalue weighted by atomic mass is 9.92. The largest absolute Gasteiger partial charge is 0.490 e. The molecule has 0 spiro atoms. The highest BCUT2D eigenvalue weighted by atomic mass is 16.5. The fourth-order valence-electron chi connectivity index (χ4n) is 5.08. The maximum Gasteiger partial charge on any atom is 0.255 e. The zero-order valence-corrected chi connectivity index (χ0v) is 18.6. The molecule has 2 heterocycles. The molecule has 2 N–H and O–H groups in total. The topological polar surface area (TPSA) is 87.7 Å². The minimum Gasteiger partial charge on any atom is -0.490 e. The van der Waals surface area contributed by atoms with Crippen molar-refractivity contribution in [1.29, 1.82) is 0 Å². The van der Waals surface area contributed by atoms with E-state index in [2.05, 4.69) is 16.7 Å². The molecule has 3 amide bonds. The van der Waals surface area contributed by atoms with Crippen molar-refractivity contribution in [2.24, 2.45) is 0 Å². The van der Waals surface area contributed by atoms with Crippen LogP contribution < -0.4 is 15.4 Å². The Bertz CT molecular complexity index is 1050. The average molecular weight is 448 g/mol. The lowest BCUT2D eigenvalue weighted by Gasteiger charge is -2.29. The molecule has 33 heavy (non-hydrogen) atoms. The number of para-hydroxylation sites is 1. The van der Waals surface area contributed by atoms with Crippen molar-refractivity contribution in [3.63, 3.8) is 0 Å². The van der Waals surface area contributed by atoms with Gasteiger partial charge in [0.15, 0.2) is 0 Å². The Morgan fingerprint density at radius 3 is 2.52 bits per heavy atom. The fourth-order valence-corrected chi connectivity index (χ4v) is 5.08. The number of rotatable bonds is 6. The monoisotopic (exact) mass is 447 g/mol. The molecule has 1 aliphatic carbocycles. The molecule has 1 saturated carbocycles. The van der Waals surface area contributed by atoms with Crippen LogP contribution >= 0.6 is 0 Å². The van der Waals surface area contributed by atoms with E-state index in [0.717, 1.165) is 49.1 Å². The van der Waals surface area contributed by atoms with Crippen molar-refractivity contribution < 1.29 is 19.1 Å². The summed E-state index contributed by atoms with van der Waals surface area (Å²) in [5, 5.41) is 6.00. The van der Waals surface area contributed by atoms with Crippen LogP contribution in [0.1, 0.15) is 60.0 Å². The smallest absolute Gasteiger partial charge is 0.255 e. The predicted octanol–water partition coefficient (Wildman–Crippen LogP) is 2.93. The lowest BCUT2D eigenvalue weighted by Crippen LogP contribution is -2.52. The maximum absolute atomic E-state index is 12.8. The quantitative estimate of drug-likeness (QED) is 0.665. The minimum absolute atomic E-state index is 0.129. The van der Waals surface area contributed by atoms with Gasteiger partial charge in [0.2, 0.25) is 11.8 Å². The number of hydrogen-bond donors (Lipinski definition) is 2. The maximum atomic E-state index is 12.8. The van der Waals surface area contributed by atoms with Gasteiger partial charge in [-0.25, -0.2) is 0 Å². The molecule has 5 rings (SSSR count). The molecule has 0 radical (unpaired) electrons. The molecule has 2 aromatic rings. The minimum atomic E-state index is -0.572. The number of hydrogen-bond acceptors (Lipinski definition) is 5. The Morgan fingerprint density at radius 2 is 1.76 bits per heavy atom. The molecule has 0 aromatic heterocycles. The van der Waals surface area contributed by atoms with Gasteiger partial charge in [-0.05, 0) is 61.4 Å². The van der Waals surface area contributed by atoms with Crippen molar-refractivity contribution in [1.82, 2.24) is 15.5 Å². The van der Waals surface area contributed by atoms with Crippen LogP contribution in [0.25, 0.3) is 0 Å². The molecule has 1 saturated heterocycles. The second-order valence-electron chi connectivity index (χ2n) is 9.18. The number of ether oxygens (including phenoxy) is 1. The van der Waals surface area contributed by atoms with Crippen LogP contribution in [0.5, 0.6) is 5.75 Å². The summed E-state index contributed by atoms with van der Waals surface area (Å²) in [4.78, 5) is 38.1. The van der Waals surface area contributed by atoms with Crippen LogP contribution in [0.4, 0.5) is 0 Å². The summed E-state index contributed by atoms with van der Waals surface area (Å²) in [7, 11) is 0. The van der Waals surface area contributed by atoms with Crippen molar-refractivity contribution in [3.8, 4) is 5.75 Å². The van der Waals surface area contributed by atoms with Gasteiger partial charge in [-0.1, -0.05) is 30.3 Å². The number of imide groups is 1. The molecule has 2 aromatic carbocycles. The first-order chi connectivity index (χ1) is 16.1. The lowest BCUT2D eigenvalue weighted by molar-refractivity contribution is -0.136. The molecule has 0 bridgehead atoms. The number of carbonyl (C=O) groups excluding carboxylic acids is 3. The fraction of sp³-hybridized carbons (Fsp3) is 0.423. The van der Waals surface area contributed by atoms with Gasteiger partial charge >= 0.3 is 0 Å². The van der Waals surface area contributed by atoms with Gasteiger partial charge in [-0.2, -0.15) is 0 Å². The first-order valence-corrected chi connectivity index (χ1v) is 11.8. The number of benzene rings is 2. The highest BCUT2D eigenvalue weighted by molar-refractivity contribution is 6.05. The summed E-state index contributed by atoms with van der Waals surface area (Å²) in [6.07, 6.45) is 5.14. The van der Waals surface area contributed by atoms with Gasteiger partial charge in [-0.3, -0.25) is 19.7 Å². The molecule has 1 unspecified atom stereocenters. The first-order valence-electron chi connectivity index (χ1n) is 11.8. The van der Waals surface area contributed by atoms with Crippen LogP contribution in [0.3, 0.4) is 0 Å². The second kappa shape index (κ2) is 9.35. The van der Waals surface area contributed by atoms with E-state index in [1.807, 2.05) is 42.5 Å². The third-order valence-electron chi connectivity index (χ3n) is 6.90. The van der Waals surface area contributed by atoms with Crippen molar-refractivity contribution in [2.45, 2.75) is 69.8 Å². The molecular weight excluding hydrogens is 418 g/mol. The molecule has 3 aliphatic rings. The third-order valence-corrected chi connectivity index (χ3v) is 6.90. The molecule has 2 fully saturated rings. The van der Waals surface area contributed by atoms with Crippen molar-refractivity contribution in [2.75, 3.05) is 0 Å². The normalized spacial score (nSPS) is 25.0. The number of amides is 3. The average Bonchev–Trinajstić information content (AvgIpc) is 3.15. The summed E-state index contributed by atoms with van der Waals surface area (Å²) < 4.78 is 6.09. The van der Waals surface area contributed by atoms with E-state index >= 15 is 0 Å². The number of nitrogens with zero attached hydrogens (tertiary/aromatic N) is 1. The summed E-state index contributed by atoms with van der Waals surface area (Å²) in [5.41, 5.74) is 2.74. The van der Waals surface area contributed by atoms with Crippen molar-refractivity contribution in [3.05, 3.63) is 65.2 Å². The van der Waals surface area contributed by atoms with E-state index in [-0.39, 0.29) is 30.2 Å². The Labute approximate surface area is 193 Å². The molecule has 7 heteroatoms. The van der Waals surface area contributed by atoms with Gasteiger partial charge in [-0.15, -0.1) is 0 Å². The van der Waals surface area contributed by atoms with Gasteiger partial charge < -0.3 is 15.0 Å². The van der Waals surface area contributed by atoms with Crippen LogP contribution in [0, 0.1) is 0 Å². The van der Waals surface area contributed by atoms with Crippen LogP contribution in [0.2, 0.25) is 0 Å². The highest BCUT2D eigenvalue weighted by Gasteiger charge is 2.39. The van der Waals surface area contributed by atoms with E-state index in [0.29, 0.717) is 24.6 Å². The summed E-state index contributed by atoms with van der Waals surface area (Å²) in [6.45, 7) is 1.16. The summed E-state index contributed by atoms with van der Waals surface area (Å²) in [6, 6.07) is 15.8. The second-order valence-corrected chi connectivity index (χ2v) is 9.18. The van der Waals surface area contributed by atoms with Gasteiger partial charge in [0, 0.05) is 31.1 Å². The molecular formula is C26H29N3O4. The zero-order valence-electron chi connectivity index (χ0n) is 18.6. The molecule has 1 atom stereocenters. The molecule has 2 aliphatic heterocycles. The van der Waals surface area contributed by atoms with Crippen LogP contribution in [-0.2, 0) is 22.7 Å². The van der Waals surface area contributed by atoms with E-state index in [9.17, 15) is 14.4 Å². The van der Waals surface area contributed by atoms with E-state index in [1.165, 1.54) is 0 Å². The molecule has 7 nitrogen and oxygen atoms in total. The summed E-state index contributed by atoms with van der Waals surface area (Å²) in [5.74, 6) is 0.166. The van der Waals surface area contributed by atoms with Crippen LogP contribution in [0.15, 0.2) is 48.5 Å². The third kappa shape index (κ3) is 4.78. The zero-order chi connectivity index (χ0) is 22.8. The predicted molar refractivity (Wildman–Crippen MR) is 122 cm³/mol. The van der Waals surface area contributed by atoms with Gasteiger partial charge in [0.05, 0.1) is 6.10 Å². The van der Waals surface area contributed by atoms with E-state index in [1.54, 1.807) is 4.90 Å². The Balaban J connectivity index is 1.13. The molecule has 172 valence electrons. The number of piperidine rings is 1. The van der Waals surface area contributed by atoms with E-state index < -0.39 is 6.04 Å². The van der Waals surface area contributed by atoms with Crippen molar-refractivity contribution >= 4 is 17.7 Å². The number of nitrogens with one attached hydrogen (secondary N) is 2. The standard InChI is InChI=1S/C26H29N3O4/c30-24-13-12-23(25(31)28-24)29-16-18-14-17(6-11-22(18)26(29)32)15-27-19-7-9-21(10-8-19)33-20-4-2-1-3-5-20/h1-6,11,14,19,21,23,27H,7-10,12-13,15-16H2,(H,28,30,31). The Hall–Kier alpha value is -3.19. The Morgan fingerprint density at radius 1 is 0.970 bits per heavy atom. The van der Waals surface area contributed by atoms with Crippen LogP contribution in [-0.4, -0.2) is 40.8 Å². The summed E-state index contributed by atoms with van der Waals surface area (Å²) >= 11 is 0.